The molecule has 23 heteroatoms. The number of anilines is 2. The van der Waals surface area contributed by atoms with Gasteiger partial charge in [0.05, 0.1) is 108 Å². The van der Waals surface area contributed by atoms with E-state index in [2.05, 4.69) is 10.6 Å². The average Bonchev–Trinajstić information content (AvgIpc) is 4.08. The molecule has 2 aliphatic carbocycles. The summed E-state index contributed by atoms with van der Waals surface area (Å²) in [5, 5.41) is 56.5. The third-order valence-corrected chi connectivity index (χ3v) is 9.62. The molecule has 0 unspecified atom stereocenters. The Balaban J connectivity index is 0.000000210. The maximum atomic E-state index is 14.6. The minimum Gasteiger partial charge on any atom is -0.545 e. The van der Waals surface area contributed by atoms with Crippen LogP contribution in [0.1, 0.15) is 58.5 Å². The summed E-state index contributed by atoms with van der Waals surface area (Å²) >= 11 is 0. The smallest absolute Gasteiger partial charge is 0.545 e. The first kappa shape index (κ1) is 43.8. The number of aromatic nitrogens is 2. The van der Waals surface area contributed by atoms with Crippen LogP contribution in [0.15, 0.2) is 46.2 Å². The van der Waals surface area contributed by atoms with Gasteiger partial charge in [-0.25, -0.2) is 8.78 Å². The molecule has 0 bridgehead atoms. The molecule has 57 heavy (non-hydrogen) atoms. The van der Waals surface area contributed by atoms with E-state index in [-0.39, 0.29) is 39.9 Å². The summed E-state index contributed by atoms with van der Waals surface area (Å²) in [4.78, 5) is 67.7. The zero-order valence-electron chi connectivity index (χ0n) is 29.9. The van der Waals surface area contributed by atoms with E-state index >= 15 is 0 Å². The van der Waals surface area contributed by atoms with E-state index in [0.717, 1.165) is 78.0 Å². The van der Waals surface area contributed by atoms with Crippen LogP contribution < -0.4 is 41.5 Å². The van der Waals surface area contributed by atoms with Crippen LogP contribution >= 0.6 is 0 Å². The largest absolute Gasteiger partial charge is 2.00 e. The van der Waals surface area contributed by atoms with Crippen molar-refractivity contribution in [1.29, 1.82) is 0 Å². The minimum absolute atomic E-state index is 0. The van der Waals surface area contributed by atoms with Gasteiger partial charge in [-0.1, -0.05) is 0 Å². The third kappa shape index (κ3) is 10.7. The van der Waals surface area contributed by atoms with Crippen molar-refractivity contribution in [2.24, 2.45) is 0 Å². The maximum absolute atomic E-state index is 14.6. The maximum Gasteiger partial charge on any atom is 2.00 e. The summed E-state index contributed by atoms with van der Waals surface area (Å²) < 4.78 is 32.8. The van der Waals surface area contributed by atoms with Crippen molar-refractivity contribution in [3.8, 4) is 0 Å². The monoisotopic (exact) mass is 849 g/mol. The Hall–Kier alpha value is -5.90. The minimum atomic E-state index is -1.75. The Morgan fingerprint density at radius 3 is 1.18 bits per heavy atom. The second-order valence-electron chi connectivity index (χ2n) is 13.4. The van der Waals surface area contributed by atoms with E-state index in [1.54, 1.807) is 21.3 Å². The molecule has 2 saturated carbocycles. The number of piperazine rings is 2. The molecule has 2 aliphatic heterocycles. The molecule has 4 fully saturated rings. The number of aromatic carboxylic acids is 2. The molecule has 0 atom stereocenters. The number of benzene rings is 2. The van der Waals surface area contributed by atoms with Crippen LogP contribution in [0.3, 0.4) is 0 Å². The topological polar surface area (TPSA) is 296 Å². The number of carbonyl (C=O) groups excluding carboxylic acids is 2. The van der Waals surface area contributed by atoms with Gasteiger partial charge in [0, 0.05) is 35.2 Å². The van der Waals surface area contributed by atoms with Crippen molar-refractivity contribution >= 4 is 45.1 Å². The van der Waals surface area contributed by atoms with Crippen molar-refractivity contribution in [3.63, 3.8) is 0 Å². The number of nitrogens with two attached hydrogens (primary N) is 2. The van der Waals surface area contributed by atoms with Crippen LogP contribution in [0, 0.1) is 42.3 Å². The Morgan fingerprint density at radius 2 is 0.912 bits per heavy atom. The van der Waals surface area contributed by atoms with E-state index in [9.17, 15) is 38.2 Å². The fraction of sp³-hybridized carbons (Fsp3) is 0.412. The summed E-state index contributed by atoms with van der Waals surface area (Å²) in [7, 11) is 0. The molecule has 4 aromatic rings. The molecule has 8 rings (SSSR count). The van der Waals surface area contributed by atoms with Gasteiger partial charge >= 0.3 is 17.1 Å². The van der Waals surface area contributed by atoms with Gasteiger partial charge < -0.3 is 80.0 Å². The summed E-state index contributed by atoms with van der Waals surface area (Å²) in [6, 6.07) is 6.06. The van der Waals surface area contributed by atoms with Gasteiger partial charge in [0.1, 0.15) is 11.6 Å². The molecule has 4 N–H and O–H groups in total. The molecular formula is C34H36CuF2N8O12. The second kappa shape index (κ2) is 18.8. The van der Waals surface area contributed by atoms with Crippen LogP contribution in [0.4, 0.5) is 20.2 Å². The predicted molar refractivity (Wildman–Crippen MR) is 190 cm³/mol. The standard InChI is InChI=1S/2C17H18FN3O3.Cu.2NO3/c2*18-13-7-11-14(8-15(13)20-5-3-19-4-6-20)21(10-1-2-10)9-12(16(11)22)17(23)24;;2*2-1(3)4/h2*7-10,19H,1-6H2,(H,23,24);;;/q;;+2;2*-1. The van der Waals surface area contributed by atoms with Gasteiger partial charge in [-0.05, 0) is 49.9 Å². The zero-order valence-corrected chi connectivity index (χ0v) is 30.8. The number of nitrogens with zero attached hydrogens (tertiary/aromatic N) is 6. The molecule has 0 amide bonds. The molecule has 309 valence electrons. The van der Waals surface area contributed by atoms with Crippen LogP contribution in [-0.2, 0) is 17.1 Å². The van der Waals surface area contributed by atoms with Crippen molar-refractivity contribution in [2.45, 2.75) is 37.8 Å². The number of hydrogen-bond acceptors (Lipinski definition) is 14. The molecular weight excluding hydrogens is 814 g/mol. The van der Waals surface area contributed by atoms with Gasteiger partial charge in [0.2, 0.25) is 0 Å². The molecule has 4 aliphatic rings. The zero-order chi connectivity index (χ0) is 40.8. The van der Waals surface area contributed by atoms with Gasteiger partial charge in [-0.2, -0.15) is 0 Å². The predicted octanol–water partition coefficient (Wildman–Crippen LogP) is -2.04. The van der Waals surface area contributed by atoms with Crippen molar-refractivity contribution < 1.29 is 66.5 Å². The summed E-state index contributed by atoms with van der Waals surface area (Å²) in [6.07, 6.45) is 6.41. The third-order valence-electron chi connectivity index (χ3n) is 9.62. The second-order valence-corrected chi connectivity index (χ2v) is 13.4. The number of rotatable bonds is 6. The summed E-state index contributed by atoms with van der Waals surface area (Å²) in [6.45, 7) is 6.57. The van der Waals surface area contributed by atoms with Crippen LogP contribution in [0.5, 0.6) is 0 Å². The number of carboxylic acids is 2. The van der Waals surface area contributed by atoms with Gasteiger partial charge in [0.15, 0.2) is 10.9 Å². The average molecular weight is 850 g/mol. The molecule has 1 radical (unpaired) electrons. The van der Waals surface area contributed by atoms with Crippen molar-refractivity contribution in [2.75, 3.05) is 62.2 Å². The van der Waals surface area contributed by atoms with Gasteiger partial charge in [-0.15, -0.1) is 0 Å². The Morgan fingerprint density at radius 1 is 0.614 bits per heavy atom. The number of carboxylic acid groups (broad SMARTS) is 2. The number of halogens is 2. The molecule has 2 saturated heterocycles. The molecule has 20 nitrogen and oxygen atoms in total. The number of carbonyl (C=O) groups is 2. The number of fused-ring (bicyclic) bond motifs is 2. The van der Waals surface area contributed by atoms with Crippen molar-refractivity contribution in [3.05, 3.63) is 111 Å². The number of quaternary nitrogens is 2. The van der Waals surface area contributed by atoms with E-state index < -0.39 is 55.7 Å². The molecule has 4 heterocycles. The fourth-order valence-corrected chi connectivity index (χ4v) is 6.78. The quantitative estimate of drug-likeness (QED) is 0.120. The Kier molecular flexibility index (Phi) is 14.5. The first-order valence-corrected chi connectivity index (χ1v) is 17.5. The summed E-state index contributed by atoms with van der Waals surface area (Å²) in [5.74, 6) is -4.02. The first-order valence-electron chi connectivity index (χ1n) is 17.5. The Labute approximate surface area is 330 Å². The summed E-state index contributed by atoms with van der Waals surface area (Å²) in [5.41, 5.74) is -0.0324. The van der Waals surface area contributed by atoms with E-state index in [1.807, 2.05) is 9.80 Å². The number of hydrogen-bond donors (Lipinski definition) is 2. The fourth-order valence-electron chi connectivity index (χ4n) is 6.78. The van der Waals surface area contributed by atoms with E-state index in [0.29, 0.717) is 22.4 Å². The Bertz CT molecular complexity index is 2120. The van der Waals surface area contributed by atoms with Crippen LogP contribution in [-0.4, -0.2) is 83.6 Å². The normalized spacial score (nSPS) is 16.1. The molecule has 0 spiro atoms. The molecule has 2 aromatic carbocycles. The molecule has 2 aromatic heterocycles. The SMILES string of the molecule is O=C([O-])c1cn(C2CC2)c2cc(N3CC[NH2+]CC3)c(F)cc2c1=O.O=C([O-])c1cn(C2CC2)c2cc(N3CC[NH2+]CC3)c(F)cc2c1=O.O=[N+]([O-])[O-].O=[N+]([O-])[O-].[Cu+2]. The van der Waals surface area contributed by atoms with E-state index in [4.69, 9.17) is 30.6 Å². The number of pyridine rings is 2. The van der Waals surface area contributed by atoms with Crippen LogP contribution in [0.2, 0.25) is 0 Å². The van der Waals surface area contributed by atoms with Crippen LogP contribution in [0.25, 0.3) is 21.8 Å². The van der Waals surface area contributed by atoms with Gasteiger partial charge in [0.25, 0.3) is 0 Å². The first-order chi connectivity index (χ1) is 26.6. The van der Waals surface area contributed by atoms with Crippen molar-refractivity contribution in [1.82, 2.24) is 9.13 Å². The van der Waals surface area contributed by atoms with Gasteiger partial charge in [-0.3, -0.25) is 9.59 Å². The van der Waals surface area contributed by atoms with E-state index in [1.165, 1.54) is 24.5 Å².